The lowest BCUT2D eigenvalue weighted by Gasteiger charge is -2.36. The van der Waals surface area contributed by atoms with Crippen molar-refractivity contribution in [1.82, 2.24) is 10.2 Å². The third-order valence-electron chi connectivity index (χ3n) is 4.17. The first-order valence-electron chi connectivity index (χ1n) is 8.30. The number of carbonyl (C=O) groups is 2. The van der Waals surface area contributed by atoms with Crippen LogP contribution in [-0.4, -0.2) is 56.7 Å². The van der Waals surface area contributed by atoms with Crippen LogP contribution >= 0.6 is 0 Å². The molecule has 1 saturated heterocycles. The fraction of sp³-hybridized carbons (Fsp3) is 0.529. The molecule has 24 heavy (non-hydrogen) atoms. The van der Waals surface area contributed by atoms with Crippen molar-refractivity contribution in [1.29, 1.82) is 0 Å². The van der Waals surface area contributed by atoms with Gasteiger partial charge in [-0.2, -0.15) is 0 Å². The number of carbonyl (C=O) groups excluding carboxylic acids is 2. The van der Waals surface area contributed by atoms with E-state index in [-0.39, 0.29) is 5.91 Å². The molecule has 1 fully saturated rings. The van der Waals surface area contributed by atoms with E-state index >= 15 is 0 Å². The van der Waals surface area contributed by atoms with Crippen molar-refractivity contribution in [2.24, 2.45) is 5.73 Å². The summed E-state index contributed by atoms with van der Waals surface area (Å²) in [7, 11) is 1.66. The zero-order valence-corrected chi connectivity index (χ0v) is 14.2. The average molecular weight is 334 g/mol. The predicted molar refractivity (Wildman–Crippen MR) is 93.2 cm³/mol. The largest absolute Gasteiger partial charge is 0.497 e. The maximum atomic E-state index is 12.2. The van der Waals surface area contributed by atoms with E-state index in [1.165, 1.54) is 0 Å². The van der Waals surface area contributed by atoms with Gasteiger partial charge in [-0.1, -0.05) is 6.07 Å². The maximum Gasteiger partial charge on any atom is 0.312 e. The van der Waals surface area contributed by atoms with Crippen molar-refractivity contribution in [2.45, 2.75) is 19.3 Å². The van der Waals surface area contributed by atoms with Crippen LogP contribution in [-0.2, 0) is 4.79 Å². The van der Waals surface area contributed by atoms with E-state index in [0.29, 0.717) is 13.0 Å². The van der Waals surface area contributed by atoms with E-state index in [0.717, 1.165) is 50.5 Å². The molecule has 1 aromatic carbocycles. The molecule has 0 atom stereocenters. The van der Waals surface area contributed by atoms with Crippen LogP contribution in [0.2, 0.25) is 0 Å². The summed E-state index contributed by atoms with van der Waals surface area (Å²) in [6, 6.07) is 7.46. The Balaban J connectivity index is 1.71. The van der Waals surface area contributed by atoms with Gasteiger partial charge in [-0.05, 0) is 25.0 Å². The van der Waals surface area contributed by atoms with Crippen LogP contribution in [0.1, 0.15) is 19.3 Å². The molecule has 1 aliphatic rings. The average Bonchev–Trinajstić information content (AvgIpc) is 2.61. The van der Waals surface area contributed by atoms with Gasteiger partial charge in [0.25, 0.3) is 0 Å². The second-order valence-electron chi connectivity index (χ2n) is 5.82. The molecule has 0 unspecified atom stereocenters. The number of benzene rings is 1. The molecule has 3 N–H and O–H groups in total. The van der Waals surface area contributed by atoms with Crippen LogP contribution in [0.5, 0.6) is 5.75 Å². The molecular weight excluding hydrogens is 308 g/mol. The topological polar surface area (TPSA) is 87.9 Å². The van der Waals surface area contributed by atoms with E-state index in [1.54, 1.807) is 7.11 Å². The first-order valence-corrected chi connectivity index (χ1v) is 8.30. The van der Waals surface area contributed by atoms with E-state index in [9.17, 15) is 9.59 Å². The van der Waals surface area contributed by atoms with Crippen molar-refractivity contribution in [3.05, 3.63) is 24.3 Å². The Morgan fingerprint density at radius 3 is 2.62 bits per heavy atom. The highest BCUT2D eigenvalue weighted by Gasteiger charge is 2.21. The standard InChI is InChI=1S/C17H26N4O3/c1-24-15-6-4-5-14(13-15)20-9-11-21(12-10-20)16(22)7-2-3-8-19-17(18)23/h4-6,13H,2-3,7-12H2,1H3,(H3,18,19,23). The van der Waals surface area contributed by atoms with Gasteiger partial charge < -0.3 is 25.6 Å². The highest BCUT2D eigenvalue weighted by molar-refractivity contribution is 5.76. The van der Waals surface area contributed by atoms with Crippen molar-refractivity contribution in [3.8, 4) is 5.75 Å². The minimum atomic E-state index is -0.519. The summed E-state index contributed by atoms with van der Waals surface area (Å²) in [5.41, 5.74) is 6.12. The molecule has 132 valence electrons. The Morgan fingerprint density at radius 2 is 1.96 bits per heavy atom. The van der Waals surface area contributed by atoms with Crippen molar-refractivity contribution in [2.75, 3.05) is 44.7 Å². The molecule has 0 bridgehead atoms. The number of hydrogen-bond donors (Lipinski definition) is 2. The number of methoxy groups -OCH3 is 1. The van der Waals surface area contributed by atoms with E-state index in [2.05, 4.69) is 16.3 Å². The molecular formula is C17H26N4O3. The van der Waals surface area contributed by atoms with Gasteiger partial charge in [0.05, 0.1) is 7.11 Å². The monoisotopic (exact) mass is 334 g/mol. The minimum absolute atomic E-state index is 0.180. The molecule has 0 spiro atoms. The summed E-state index contributed by atoms with van der Waals surface area (Å²) in [6.07, 6.45) is 2.03. The number of nitrogens with zero attached hydrogens (tertiary/aromatic N) is 2. The maximum absolute atomic E-state index is 12.2. The molecule has 0 radical (unpaired) electrons. The van der Waals surface area contributed by atoms with Crippen LogP contribution in [0.15, 0.2) is 24.3 Å². The fourth-order valence-corrected chi connectivity index (χ4v) is 2.79. The van der Waals surface area contributed by atoms with Crippen molar-refractivity contribution < 1.29 is 14.3 Å². The van der Waals surface area contributed by atoms with E-state index in [1.807, 2.05) is 23.1 Å². The number of ether oxygens (including phenoxy) is 1. The normalized spacial score (nSPS) is 14.4. The predicted octanol–water partition coefficient (Wildman–Crippen LogP) is 1.18. The Morgan fingerprint density at radius 1 is 1.21 bits per heavy atom. The van der Waals surface area contributed by atoms with Crippen LogP contribution in [0, 0.1) is 0 Å². The molecule has 7 nitrogen and oxygen atoms in total. The number of urea groups is 1. The van der Waals surface area contributed by atoms with Crippen LogP contribution in [0.4, 0.5) is 10.5 Å². The van der Waals surface area contributed by atoms with Crippen LogP contribution in [0.3, 0.4) is 0 Å². The molecule has 1 heterocycles. The Hall–Kier alpha value is -2.44. The van der Waals surface area contributed by atoms with Crippen molar-refractivity contribution >= 4 is 17.6 Å². The third-order valence-corrected chi connectivity index (χ3v) is 4.17. The number of nitrogens with one attached hydrogen (secondary N) is 1. The van der Waals surface area contributed by atoms with Gasteiger partial charge in [0.1, 0.15) is 5.75 Å². The molecule has 1 aromatic rings. The summed E-state index contributed by atoms with van der Waals surface area (Å²) in [5.74, 6) is 1.02. The lowest BCUT2D eigenvalue weighted by Crippen LogP contribution is -2.48. The lowest BCUT2D eigenvalue weighted by atomic mass is 10.2. The zero-order valence-electron chi connectivity index (χ0n) is 14.2. The Labute approximate surface area is 142 Å². The molecule has 3 amide bonds. The Kier molecular flexibility index (Phi) is 6.72. The molecule has 1 aliphatic heterocycles. The summed E-state index contributed by atoms with van der Waals surface area (Å²) in [4.78, 5) is 27.0. The minimum Gasteiger partial charge on any atom is -0.497 e. The van der Waals surface area contributed by atoms with Gasteiger partial charge in [0.2, 0.25) is 5.91 Å². The zero-order chi connectivity index (χ0) is 17.4. The molecule has 0 aromatic heterocycles. The smallest absolute Gasteiger partial charge is 0.312 e. The van der Waals surface area contributed by atoms with Gasteiger partial charge in [-0.3, -0.25) is 4.79 Å². The molecule has 0 saturated carbocycles. The first-order chi connectivity index (χ1) is 11.6. The quantitative estimate of drug-likeness (QED) is 0.733. The van der Waals surface area contributed by atoms with Gasteiger partial charge >= 0.3 is 6.03 Å². The van der Waals surface area contributed by atoms with Gasteiger partial charge in [0, 0.05) is 50.9 Å². The number of rotatable bonds is 7. The van der Waals surface area contributed by atoms with Crippen molar-refractivity contribution in [3.63, 3.8) is 0 Å². The van der Waals surface area contributed by atoms with Crippen LogP contribution in [0.25, 0.3) is 0 Å². The fourth-order valence-electron chi connectivity index (χ4n) is 2.79. The number of primary amides is 1. The van der Waals surface area contributed by atoms with Gasteiger partial charge in [0.15, 0.2) is 0 Å². The summed E-state index contributed by atoms with van der Waals surface area (Å²) < 4.78 is 5.26. The number of anilines is 1. The summed E-state index contributed by atoms with van der Waals surface area (Å²) in [5, 5.41) is 2.53. The van der Waals surface area contributed by atoms with Gasteiger partial charge in [-0.15, -0.1) is 0 Å². The summed E-state index contributed by atoms with van der Waals surface area (Å²) >= 11 is 0. The first kappa shape index (κ1) is 17.9. The molecule has 2 rings (SSSR count). The molecule has 7 heteroatoms. The molecule has 0 aliphatic carbocycles. The van der Waals surface area contributed by atoms with E-state index in [4.69, 9.17) is 10.5 Å². The number of hydrogen-bond acceptors (Lipinski definition) is 4. The highest BCUT2D eigenvalue weighted by Crippen LogP contribution is 2.22. The number of amides is 3. The lowest BCUT2D eigenvalue weighted by molar-refractivity contribution is -0.131. The second kappa shape index (κ2) is 9.00. The SMILES string of the molecule is COc1cccc(N2CCN(C(=O)CCCCNC(N)=O)CC2)c1. The Bertz CT molecular complexity index is 557. The second-order valence-corrected chi connectivity index (χ2v) is 5.82. The number of piperazine rings is 1. The van der Waals surface area contributed by atoms with Gasteiger partial charge in [-0.25, -0.2) is 4.79 Å². The van der Waals surface area contributed by atoms with Crippen LogP contribution < -0.4 is 20.7 Å². The van der Waals surface area contributed by atoms with E-state index < -0.39 is 6.03 Å². The number of unbranched alkanes of at least 4 members (excludes halogenated alkanes) is 1. The third kappa shape index (κ3) is 5.33. The summed E-state index contributed by atoms with van der Waals surface area (Å²) in [6.45, 7) is 3.63. The number of nitrogens with two attached hydrogens (primary N) is 1. The highest BCUT2D eigenvalue weighted by atomic mass is 16.5.